The van der Waals surface area contributed by atoms with Crippen molar-refractivity contribution in [3.63, 3.8) is 0 Å². The van der Waals surface area contributed by atoms with Crippen LogP contribution in [0.3, 0.4) is 0 Å². The number of anilines is 2. The first-order chi connectivity index (χ1) is 16.4. The van der Waals surface area contributed by atoms with Crippen LogP contribution in [0.25, 0.3) is 11.1 Å². The molecule has 1 saturated heterocycles. The molecule has 0 saturated carbocycles. The van der Waals surface area contributed by atoms with Gasteiger partial charge in [-0.05, 0) is 66.1 Å². The van der Waals surface area contributed by atoms with Gasteiger partial charge in [-0.1, -0.05) is 6.92 Å². The number of hydrogen-bond acceptors (Lipinski definition) is 5. The van der Waals surface area contributed by atoms with Gasteiger partial charge in [-0.2, -0.15) is 0 Å². The Bertz CT molecular complexity index is 1130. The van der Waals surface area contributed by atoms with Crippen LogP contribution >= 0.6 is 0 Å². The highest BCUT2D eigenvalue weighted by Crippen LogP contribution is 2.30. The number of aldehydes is 1. The Labute approximate surface area is 194 Å². The fourth-order valence-electron chi connectivity index (χ4n) is 4.05. The molecule has 3 aromatic rings. The maximum Gasteiger partial charge on any atom is 0.225 e. The van der Waals surface area contributed by atoms with E-state index in [9.17, 15) is 22.4 Å². The highest BCUT2D eigenvalue weighted by Gasteiger charge is 2.22. The van der Waals surface area contributed by atoms with Crippen LogP contribution in [0.5, 0.6) is 0 Å². The Kier molecular flexibility index (Phi) is 7.09. The SMILES string of the molecule is CCc1cnc(N2CCC(CNc3c(F)cc(-c4cc(F)c(C=O)c(F)c4)cc3F)CC2)nc1. The van der Waals surface area contributed by atoms with Gasteiger partial charge >= 0.3 is 0 Å². The van der Waals surface area contributed by atoms with Gasteiger partial charge in [0.05, 0.1) is 5.56 Å². The number of aromatic nitrogens is 2. The summed E-state index contributed by atoms with van der Waals surface area (Å²) in [5.74, 6) is -3.01. The van der Waals surface area contributed by atoms with Crippen molar-refractivity contribution >= 4 is 17.9 Å². The van der Waals surface area contributed by atoms with Crippen LogP contribution in [0.2, 0.25) is 0 Å². The van der Waals surface area contributed by atoms with E-state index < -0.39 is 28.8 Å². The molecule has 0 atom stereocenters. The number of rotatable bonds is 7. The number of aryl methyl sites for hydroxylation is 1. The molecule has 1 aliphatic heterocycles. The third-order valence-electron chi connectivity index (χ3n) is 6.14. The Morgan fingerprint density at radius 2 is 1.47 bits per heavy atom. The maximum atomic E-state index is 14.7. The van der Waals surface area contributed by atoms with E-state index in [1.165, 1.54) is 0 Å². The van der Waals surface area contributed by atoms with Crippen molar-refractivity contribution in [3.05, 3.63) is 71.1 Å². The molecular formula is C25H24F4N4O. The molecule has 0 amide bonds. The van der Waals surface area contributed by atoms with E-state index in [2.05, 4.69) is 20.2 Å². The number of nitrogens with one attached hydrogen (secondary N) is 1. The Hall–Kier alpha value is -3.49. The van der Waals surface area contributed by atoms with Crippen molar-refractivity contribution in [2.75, 3.05) is 29.9 Å². The van der Waals surface area contributed by atoms with Gasteiger partial charge in [0.15, 0.2) is 6.29 Å². The molecule has 2 heterocycles. The molecule has 5 nitrogen and oxygen atoms in total. The van der Waals surface area contributed by atoms with Crippen LogP contribution in [0, 0.1) is 29.2 Å². The zero-order valence-corrected chi connectivity index (χ0v) is 18.6. The van der Waals surface area contributed by atoms with Gasteiger partial charge < -0.3 is 10.2 Å². The van der Waals surface area contributed by atoms with Gasteiger partial charge in [0, 0.05) is 32.0 Å². The van der Waals surface area contributed by atoms with Crippen molar-refractivity contribution < 1.29 is 22.4 Å². The molecule has 34 heavy (non-hydrogen) atoms. The molecule has 0 aliphatic carbocycles. The van der Waals surface area contributed by atoms with E-state index in [-0.39, 0.29) is 29.0 Å². The highest BCUT2D eigenvalue weighted by molar-refractivity contribution is 5.78. The summed E-state index contributed by atoms with van der Waals surface area (Å²) < 4.78 is 57.1. The first-order valence-corrected chi connectivity index (χ1v) is 11.1. The van der Waals surface area contributed by atoms with Gasteiger partial charge in [-0.25, -0.2) is 27.5 Å². The molecule has 2 aromatic carbocycles. The lowest BCUT2D eigenvalue weighted by Gasteiger charge is -2.32. The first-order valence-electron chi connectivity index (χ1n) is 11.1. The summed E-state index contributed by atoms with van der Waals surface area (Å²) in [6.07, 6.45) is 6.21. The molecule has 1 aromatic heterocycles. The Balaban J connectivity index is 1.39. The number of carbonyl (C=O) groups excluding carboxylic acids is 1. The summed E-state index contributed by atoms with van der Waals surface area (Å²) in [6.45, 7) is 3.92. The molecule has 1 N–H and O–H groups in total. The van der Waals surface area contributed by atoms with Gasteiger partial charge in [0.1, 0.15) is 29.0 Å². The van der Waals surface area contributed by atoms with E-state index in [1.54, 1.807) is 0 Å². The van der Waals surface area contributed by atoms with Gasteiger partial charge in [-0.3, -0.25) is 4.79 Å². The van der Waals surface area contributed by atoms with E-state index in [1.807, 2.05) is 19.3 Å². The summed E-state index contributed by atoms with van der Waals surface area (Å²) in [5, 5.41) is 2.85. The van der Waals surface area contributed by atoms with Gasteiger partial charge in [0.25, 0.3) is 0 Å². The van der Waals surface area contributed by atoms with Crippen molar-refractivity contribution in [1.29, 1.82) is 0 Å². The van der Waals surface area contributed by atoms with Crippen molar-refractivity contribution in [2.45, 2.75) is 26.2 Å². The summed E-state index contributed by atoms with van der Waals surface area (Å²) in [6, 6.07) is 3.78. The fourth-order valence-corrected chi connectivity index (χ4v) is 4.05. The van der Waals surface area contributed by atoms with E-state index in [0.29, 0.717) is 12.5 Å². The zero-order chi connectivity index (χ0) is 24.2. The second-order valence-electron chi connectivity index (χ2n) is 8.34. The smallest absolute Gasteiger partial charge is 0.225 e. The Morgan fingerprint density at radius 3 is 1.97 bits per heavy atom. The number of carbonyl (C=O) groups is 1. The average Bonchev–Trinajstić information content (AvgIpc) is 2.83. The molecular weight excluding hydrogens is 448 g/mol. The number of benzene rings is 2. The summed E-state index contributed by atoms with van der Waals surface area (Å²) in [7, 11) is 0. The topological polar surface area (TPSA) is 58.1 Å². The minimum atomic E-state index is -1.09. The quantitative estimate of drug-likeness (QED) is 0.369. The molecule has 0 radical (unpaired) electrons. The van der Waals surface area contributed by atoms with Crippen LogP contribution in [0.15, 0.2) is 36.7 Å². The lowest BCUT2D eigenvalue weighted by atomic mass is 9.96. The fraction of sp³-hybridized carbons (Fsp3) is 0.320. The van der Waals surface area contributed by atoms with Crippen LogP contribution in [-0.2, 0) is 6.42 Å². The number of halogens is 4. The summed E-state index contributed by atoms with van der Waals surface area (Å²) >= 11 is 0. The minimum absolute atomic E-state index is 0.0294. The maximum absolute atomic E-state index is 14.7. The molecule has 9 heteroatoms. The lowest BCUT2D eigenvalue weighted by Crippen LogP contribution is -2.37. The van der Waals surface area contributed by atoms with Crippen LogP contribution in [-0.4, -0.2) is 35.9 Å². The number of hydrogen-bond donors (Lipinski definition) is 1. The summed E-state index contributed by atoms with van der Waals surface area (Å²) in [4.78, 5) is 21.7. The average molecular weight is 472 g/mol. The largest absolute Gasteiger partial charge is 0.380 e. The second-order valence-corrected chi connectivity index (χ2v) is 8.34. The predicted molar refractivity (Wildman–Crippen MR) is 122 cm³/mol. The molecule has 4 rings (SSSR count). The third kappa shape index (κ3) is 5.03. The minimum Gasteiger partial charge on any atom is -0.380 e. The third-order valence-corrected chi connectivity index (χ3v) is 6.14. The molecule has 0 unspecified atom stereocenters. The van der Waals surface area contributed by atoms with E-state index in [0.717, 1.165) is 62.2 Å². The lowest BCUT2D eigenvalue weighted by molar-refractivity contribution is 0.111. The molecule has 1 fully saturated rings. The number of nitrogens with zero attached hydrogens (tertiary/aromatic N) is 3. The van der Waals surface area contributed by atoms with Crippen molar-refractivity contribution in [1.82, 2.24) is 9.97 Å². The normalized spacial score (nSPS) is 14.3. The van der Waals surface area contributed by atoms with Crippen molar-refractivity contribution in [2.24, 2.45) is 5.92 Å². The number of piperidine rings is 1. The van der Waals surface area contributed by atoms with E-state index >= 15 is 0 Å². The van der Waals surface area contributed by atoms with Crippen LogP contribution in [0.1, 0.15) is 35.7 Å². The van der Waals surface area contributed by atoms with Gasteiger partial charge in [-0.15, -0.1) is 0 Å². The molecule has 0 bridgehead atoms. The molecule has 178 valence electrons. The molecule has 1 aliphatic rings. The highest BCUT2D eigenvalue weighted by atomic mass is 19.1. The van der Waals surface area contributed by atoms with Gasteiger partial charge in [0.2, 0.25) is 5.95 Å². The van der Waals surface area contributed by atoms with Crippen molar-refractivity contribution in [3.8, 4) is 11.1 Å². The summed E-state index contributed by atoms with van der Waals surface area (Å²) in [5.41, 5.74) is -0.0236. The first kappa shape index (κ1) is 23.7. The predicted octanol–water partition coefficient (Wildman–Crippen LogP) is 5.40. The monoisotopic (exact) mass is 472 g/mol. The standard InChI is InChI=1S/C25H24F4N4O/c1-2-15-11-31-25(32-12-15)33-5-3-16(4-6-33)13-30-24-22(28)9-18(10-23(24)29)17-7-20(26)19(14-34)21(27)8-17/h7-12,14,16,30H,2-6,13H2,1H3. The van der Waals surface area contributed by atoms with Crippen LogP contribution in [0.4, 0.5) is 29.2 Å². The second kappa shape index (κ2) is 10.2. The Morgan fingerprint density at radius 1 is 0.941 bits per heavy atom. The van der Waals surface area contributed by atoms with E-state index in [4.69, 9.17) is 0 Å². The van der Waals surface area contributed by atoms with Crippen LogP contribution < -0.4 is 10.2 Å². The molecule has 0 spiro atoms. The zero-order valence-electron chi connectivity index (χ0n) is 18.6.